The lowest BCUT2D eigenvalue weighted by atomic mass is 10.0. The number of benzene rings is 1. The van der Waals surface area contributed by atoms with Crippen molar-refractivity contribution in [3.05, 3.63) is 59.8 Å². The molecule has 31 heavy (non-hydrogen) atoms. The lowest BCUT2D eigenvalue weighted by molar-refractivity contribution is -0.122. The lowest BCUT2D eigenvalue weighted by Gasteiger charge is -2.32. The molecule has 2 aromatic heterocycles. The molecule has 0 spiro atoms. The normalized spacial score (nSPS) is 15.3. The van der Waals surface area contributed by atoms with Gasteiger partial charge in [-0.1, -0.05) is 0 Å². The molecule has 0 atom stereocenters. The maximum atomic E-state index is 13.2. The van der Waals surface area contributed by atoms with Crippen LogP contribution in [0.15, 0.2) is 42.7 Å². The highest BCUT2D eigenvalue weighted by Crippen LogP contribution is 2.21. The molecular formula is C23H29FN6O. The summed E-state index contributed by atoms with van der Waals surface area (Å²) in [6.45, 7) is 5.27. The van der Waals surface area contributed by atoms with Gasteiger partial charge in [0, 0.05) is 57.4 Å². The molecule has 1 aliphatic rings. The van der Waals surface area contributed by atoms with Crippen molar-refractivity contribution >= 4 is 5.91 Å². The molecule has 8 heteroatoms. The van der Waals surface area contributed by atoms with Crippen LogP contribution in [-0.4, -0.2) is 49.5 Å². The Morgan fingerprint density at radius 3 is 2.65 bits per heavy atom. The second-order valence-electron chi connectivity index (χ2n) is 8.30. The predicted molar refractivity (Wildman–Crippen MR) is 117 cm³/mol. The Balaban J connectivity index is 1.24. The van der Waals surface area contributed by atoms with Crippen LogP contribution in [0, 0.1) is 12.7 Å². The van der Waals surface area contributed by atoms with Crippen LogP contribution in [0.4, 0.5) is 4.39 Å². The molecule has 4 rings (SSSR count). The Bertz CT molecular complexity index is 1020. The van der Waals surface area contributed by atoms with Crippen molar-refractivity contribution in [2.45, 2.75) is 45.3 Å². The summed E-state index contributed by atoms with van der Waals surface area (Å²) in [4.78, 5) is 14.7. The fourth-order valence-electron chi connectivity index (χ4n) is 3.99. The maximum Gasteiger partial charge on any atom is 0.222 e. The van der Waals surface area contributed by atoms with E-state index in [4.69, 9.17) is 0 Å². The summed E-state index contributed by atoms with van der Waals surface area (Å²) in [5, 5.41) is 12.0. The van der Waals surface area contributed by atoms with Gasteiger partial charge in [-0.15, -0.1) is 0 Å². The quantitative estimate of drug-likeness (QED) is 0.633. The number of piperidine rings is 1. The van der Waals surface area contributed by atoms with Crippen LogP contribution in [0.1, 0.15) is 30.5 Å². The van der Waals surface area contributed by atoms with Crippen molar-refractivity contribution in [2.24, 2.45) is 7.05 Å². The molecule has 0 aliphatic carbocycles. The molecule has 1 aliphatic heterocycles. The van der Waals surface area contributed by atoms with Crippen molar-refractivity contribution in [2.75, 3.05) is 13.1 Å². The molecule has 1 aromatic carbocycles. The van der Waals surface area contributed by atoms with Crippen LogP contribution >= 0.6 is 0 Å². The maximum absolute atomic E-state index is 13.2. The van der Waals surface area contributed by atoms with E-state index in [0.29, 0.717) is 13.0 Å². The Morgan fingerprint density at radius 1 is 1.23 bits per heavy atom. The molecule has 1 amide bonds. The van der Waals surface area contributed by atoms with Crippen LogP contribution in [0.5, 0.6) is 0 Å². The standard InChI is InChI=1S/C23H29FN6O/c1-17-14-25-30(15-17)12-9-23(31)26-20-7-10-29(11-8-20)16-21-13-22(27-28(21)2)18-3-5-19(24)6-4-18/h3-6,13-15,20H,7-12,16H2,1-2H3,(H,26,31). The summed E-state index contributed by atoms with van der Waals surface area (Å²) in [6, 6.07) is 8.71. The molecular weight excluding hydrogens is 395 g/mol. The van der Waals surface area contributed by atoms with Crippen LogP contribution in [0.3, 0.4) is 0 Å². The number of hydrogen-bond donors (Lipinski definition) is 1. The Kier molecular flexibility index (Phi) is 6.46. The summed E-state index contributed by atoms with van der Waals surface area (Å²) in [7, 11) is 1.94. The minimum Gasteiger partial charge on any atom is -0.353 e. The van der Waals surface area contributed by atoms with E-state index in [2.05, 4.69) is 26.5 Å². The van der Waals surface area contributed by atoms with Gasteiger partial charge in [0.2, 0.25) is 5.91 Å². The molecule has 164 valence electrons. The van der Waals surface area contributed by atoms with Gasteiger partial charge in [0.25, 0.3) is 0 Å². The zero-order chi connectivity index (χ0) is 21.8. The second kappa shape index (κ2) is 9.43. The second-order valence-corrected chi connectivity index (χ2v) is 8.30. The van der Waals surface area contributed by atoms with E-state index in [1.807, 2.05) is 29.5 Å². The zero-order valence-corrected chi connectivity index (χ0v) is 18.1. The number of nitrogens with one attached hydrogen (secondary N) is 1. The van der Waals surface area contributed by atoms with Crippen LogP contribution in [-0.2, 0) is 24.9 Å². The number of carbonyl (C=O) groups excluding carboxylic acids is 1. The molecule has 0 unspecified atom stereocenters. The average Bonchev–Trinajstić information content (AvgIpc) is 3.34. The molecule has 0 saturated carbocycles. The summed E-state index contributed by atoms with van der Waals surface area (Å²) in [5.74, 6) is -0.159. The van der Waals surface area contributed by atoms with Gasteiger partial charge in [-0.05, 0) is 55.7 Å². The number of hydrogen-bond acceptors (Lipinski definition) is 4. The molecule has 1 fully saturated rings. The minimum atomic E-state index is -0.244. The first-order chi connectivity index (χ1) is 15.0. The van der Waals surface area contributed by atoms with Crippen molar-refractivity contribution in [3.63, 3.8) is 0 Å². The Hall–Kier alpha value is -3.00. The van der Waals surface area contributed by atoms with Crippen molar-refractivity contribution in [3.8, 4) is 11.3 Å². The molecule has 1 saturated heterocycles. The SMILES string of the molecule is Cc1cnn(CCC(=O)NC2CCN(Cc3cc(-c4ccc(F)cc4)nn3C)CC2)c1. The summed E-state index contributed by atoms with van der Waals surface area (Å²) >= 11 is 0. The van der Waals surface area contributed by atoms with Gasteiger partial charge in [-0.25, -0.2) is 4.39 Å². The zero-order valence-electron chi connectivity index (χ0n) is 18.1. The fourth-order valence-corrected chi connectivity index (χ4v) is 3.99. The third kappa shape index (κ3) is 5.58. The molecule has 0 radical (unpaired) electrons. The molecule has 3 aromatic rings. The highest BCUT2D eigenvalue weighted by Gasteiger charge is 2.22. The summed E-state index contributed by atoms with van der Waals surface area (Å²) in [6.07, 6.45) is 6.08. The summed E-state index contributed by atoms with van der Waals surface area (Å²) in [5.41, 5.74) is 3.99. The fraction of sp³-hybridized carbons (Fsp3) is 0.435. The number of nitrogens with zero attached hydrogens (tertiary/aromatic N) is 5. The van der Waals surface area contributed by atoms with Gasteiger partial charge in [-0.2, -0.15) is 10.2 Å². The van der Waals surface area contributed by atoms with E-state index in [9.17, 15) is 9.18 Å². The molecule has 7 nitrogen and oxygen atoms in total. The van der Waals surface area contributed by atoms with E-state index in [1.165, 1.54) is 12.1 Å². The lowest BCUT2D eigenvalue weighted by Crippen LogP contribution is -2.44. The van der Waals surface area contributed by atoms with Crippen LogP contribution in [0.25, 0.3) is 11.3 Å². The van der Waals surface area contributed by atoms with Crippen LogP contribution < -0.4 is 5.32 Å². The third-order valence-corrected chi connectivity index (χ3v) is 5.79. The Morgan fingerprint density at radius 2 is 1.97 bits per heavy atom. The topological polar surface area (TPSA) is 68.0 Å². The number of aryl methyl sites for hydroxylation is 3. The summed E-state index contributed by atoms with van der Waals surface area (Å²) < 4.78 is 16.9. The van der Waals surface area contributed by atoms with Crippen molar-refractivity contribution in [1.82, 2.24) is 29.8 Å². The first-order valence-corrected chi connectivity index (χ1v) is 10.8. The predicted octanol–water partition coefficient (Wildman–Crippen LogP) is 2.90. The number of amides is 1. The van der Waals surface area contributed by atoms with Gasteiger partial charge >= 0.3 is 0 Å². The number of carbonyl (C=O) groups is 1. The number of halogens is 1. The first-order valence-electron chi connectivity index (χ1n) is 10.8. The number of likely N-dealkylation sites (tertiary alicyclic amines) is 1. The largest absolute Gasteiger partial charge is 0.353 e. The van der Waals surface area contributed by atoms with Gasteiger partial charge in [0.05, 0.1) is 17.6 Å². The van der Waals surface area contributed by atoms with E-state index in [-0.39, 0.29) is 17.8 Å². The molecule has 1 N–H and O–H groups in total. The third-order valence-electron chi connectivity index (χ3n) is 5.79. The van der Waals surface area contributed by atoms with E-state index >= 15 is 0 Å². The first kappa shape index (κ1) is 21.2. The van der Waals surface area contributed by atoms with E-state index in [1.54, 1.807) is 18.3 Å². The average molecular weight is 425 g/mol. The van der Waals surface area contributed by atoms with Crippen LogP contribution in [0.2, 0.25) is 0 Å². The highest BCUT2D eigenvalue weighted by atomic mass is 19.1. The molecule has 0 bridgehead atoms. The van der Waals surface area contributed by atoms with Gasteiger partial charge in [-0.3, -0.25) is 19.1 Å². The Labute approximate surface area is 181 Å². The minimum absolute atomic E-state index is 0.0853. The monoisotopic (exact) mass is 424 g/mol. The number of rotatable bonds is 7. The van der Waals surface area contributed by atoms with Gasteiger partial charge in [0.1, 0.15) is 5.82 Å². The smallest absolute Gasteiger partial charge is 0.222 e. The van der Waals surface area contributed by atoms with Crippen molar-refractivity contribution in [1.29, 1.82) is 0 Å². The van der Waals surface area contributed by atoms with Gasteiger partial charge in [0.15, 0.2) is 0 Å². The van der Waals surface area contributed by atoms with E-state index < -0.39 is 0 Å². The highest BCUT2D eigenvalue weighted by molar-refractivity contribution is 5.76. The van der Waals surface area contributed by atoms with Gasteiger partial charge < -0.3 is 5.32 Å². The molecule has 3 heterocycles. The van der Waals surface area contributed by atoms with E-state index in [0.717, 1.165) is 55.0 Å². The number of aromatic nitrogens is 4. The van der Waals surface area contributed by atoms with Crippen molar-refractivity contribution < 1.29 is 9.18 Å².